The average molecular weight is 524 g/mol. The van der Waals surface area contributed by atoms with Gasteiger partial charge < -0.3 is 9.64 Å². The van der Waals surface area contributed by atoms with E-state index in [1.807, 2.05) is 26.0 Å². The Kier molecular flexibility index (Phi) is 5.48. The molecule has 0 saturated carbocycles. The highest BCUT2D eigenvalue weighted by atomic mass is 32.2. The molecule has 10 heteroatoms. The van der Waals surface area contributed by atoms with Crippen molar-refractivity contribution in [2.24, 2.45) is 5.92 Å². The van der Waals surface area contributed by atoms with Crippen LogP contribution < -0.4 is 9.64 Å². The number of sulfone groups is 1. The first-order chi connectivity index (χ1) is 18.7. The van der Waals surface area contributed by atoms with E-state index in [4.69, 9.17) is 18.8 Å². The van der Waals surface area contributed by atoms with Gasteiger partial charge in [-0.1, -0.05) is 13.8 Å². The molecule has 0 unspecified atom stereocenters. The van der Waals surface area contributed by atoms with Crippen LogP contribution in [0.15, 0.2) is 42.9 Å². The third-order valence-electron chi connectivity index (χ3n) is 7.00. The van der Waals surface area contributed by atoms with Gasteiger partial charge in [0, 0.05) is 65.7 Å². The lowest BCUT2D eigenvalue weighted by atomic mass is 9.90. The Morgan fingerprint density at radius 1 is 1.22 bits per heavy atom. The maximum Gasteiger partial charge on any atom is 0.156 e. The van der Waals surface area contributed by atoms with E-state index in [2.05, 4.69) is 34.9 Å². The molecule has 1 aliphatic heterocycles. The Morgan fingerprint density at radius 2 is 2.03 bits per heavy atom. The number of ether oxygens (including phenoxy) is 1. The van der Waals surface area contributed by atoms with Crippen LogP contribution in [0.2, 0.25) is 0 Å². The third kappa shape index (κ3) is 4.77. The zero-order valence-electron chi connectivity index (χ0n) is 24.5. The molecule has 0 aromatic carbocycles. The minimum atomic E-state index is -3.06. The van der Waals surface area contributed by atoms with E-state index in [0.29, 0.717) is 29.3 Å². The number of hydrogen-bond donors (Lipinski definition) is 0. The summed E-state index contributed by atoms with van der Waals surface area (Å²) in [7, 11) is -5.68. The summed E-state index contributed by atoms with van der Waals surface area (Å²) in [5, 5.41) is 5.48. The first kappa shape index (κ1) is 21.5. The van der Waals surface area contributed by atoms with Gasteiger partial charge in [0.1, 0.15) is 15.6 Å². The second kappa shape index (κ2) is 9.41. The van der Waals surface area contributed by atoms with Crippen LogP contribution in [0.1, 0.15) is 42.2 Å². The van der Waals surface area contributed by atoms with Crippen molar-refractivity contribution in [1.82, 2.24) is 24.7 Å². The van der Waals surface area contributed by atoms with Gasteiger partial charge in [-0.15, -0.1) is 0 Å². The van der Waals surface area contributed by atoms with Gasteiger partial charge in [-0.2, -0.15) is 5.10 Å². The molecule has 0 radical (unpaired) electrons. The first-order valence-electron chi connectivity index (χ1n) is 13.7. The minimum Gasteiger partial charge on any atom is -0.496 e. The van der Waals surface area contributed by atoms with Gasteiger partial charge >= 0.3 is 0 Å². The van der Waals surface area contributed by atoms with Crippen LogP contribution >= 0.6 is 0 Å². The molecule has 0 aliphatic carbocycles. The van der Waals surface area contributed by atoms with Crippen molar-refractivity contribution in [3.8, 4) is 22.8 Å². The molecule has 4 aromatic heterocycles. The van der Waals surface area contributed by atoms with Crippen LogP contribution in [0.5, 0.6) is 5.75 Å². The van der Waals surface area contributed by atoms with Crippen molar-refractivity contribution in [2.45, 2.75) is 39.7 Å². The number of hydrogen-bond acceptors (Lipinski definition) is 8. The Hall–Kier alpha value is -3.53. The van der Waals surface area contributed by atoms with Crippen LogP contribution in [0, 0.1) is 12.8 Å². The molecule has 0 bridgehead atoms. The van der Waals surface area contributed by atoms with Gasteiger partial charge in [0.05, 0.1) is 39.9 Å². The molecule has 194 valence electrons. The maximum absolute atomic E-state index is 11.9. The fourth-order valence-corrected chi connectivity index (χ4v) is 6.03. The Morgan fingerprint density at radius 3 is 2.73 bits per heavy atom. The highest BCUT2D eigenvalue weighted by Crippen LogP contribution is 2.35. The molecule has 0 amide bonds. The van der Waals surface area contributed by atoms with Crippen molar-refractivity contribution in [1.29, 1.82) is 0 Å². The fraction of sp³-hybridized carbons (Fsp3) is 0.407. The predicted octanol–water partition coefficient (Wildman–Crippen LogP) is 4.19. The summed E-state index contributed by atoms with van der Waals surface area (Å²) in [5.41, 5.74) is 4.26. The quantitative estimate of drug-likeness (QED) is 0.355. The van der Waals surface area contributed by atoms with Crippen LogP contribution in [0.25, 0.3) is 28.0 Å². The molecule has 37 heavy (non-hydrogen) atoms. The summed E-state index contributed by atoms with van der Waals surface area (Å²) in [5.74, 6) is 1.17. The van der Waals surface area contributed by atoms with Gasteiger partial charge in [0.25, 0.3) is 0 Å². The fourth-order valence-electron chi connectivity index (χ4n) is 4.86. The summed E-state index contributed by atoms with van der Waals surface area (Å²) in [4.78, 5) is 16.0. The smallest absolute Gasteiger partial charge is 0.156 e. The minimum absolute atomic E-state index is 0.0691. The summed E-state index contributed by atoms with van der Waals surface area (Å²) in [6.07, 6.45) is 6.02. The topological polar surface area (TPSA) is 103 Å². The van der Waals surface area contributed by atoms with Gasteiger partial charge in [-0.3, -0.25) is 9.97 Å². The second-order valence-corrected chi connectivity index (χ2v) is 12.2. The molecule has 2 atom stereocenters. The molecule has 0 spiro atoms. The number of aryl methyl sites for hydroxylation is 1. The van der Waals surface area contributed by atoms with Gasteiger partial charge in [0.2, 0.25) is 0 Å². The summed E-state index contributed by atoms with van der Waals surface area (Å²) in [6.45, 7) is 8.71. The summed E-state index contributed by atoms with van der Waals surface area (Å²) >= 11 is 0. The highest BCUT2D eigenvalue weighted by molar-refractivity contribution is 7.90. The molecule has 9 nitrogen and oxygen atoms in total. The van der Waals surface area contributed by atoms with Crippen molar-refractivity contribution in [3.63, 3.8) is 0 Å². The SMILES string of the molecule is [2H]C([2H])([2H])Oc1ccncc1-c1cc2c(cnn2-c2cc(N3C[C@H](CS(C)(=O)=O)[C@H]3C)cc(C(C)C)n2)c(C)n1. The van der Waals surface area contributed by atoms with E-state index >= 15 is 0 Å². The maximum atomic E-state index is 11.9. The Labute approximate surface area is 221 Å². The standard InChI is InChI=1S/C27H32N6O3S/c1-16(2)23-9-20(32-14-19(18(32)4)15-37(6,34)35)10-27(31-23)33-25-11-24(30-17(3)21(25)13-29-33)22-12-28-8-7-26(22)36-5/h7-13,16,18-19H,14-15H2,1-6H3/t18-,19-/m1/s1/i5D3. The van der Waals surface area contributed by atoms with E-state index in [9.17, 15) is 8.42 Å². The van der Waals surface area contributed by atoms with Gasteiger partial charge in [0.15, 0.2) is 5.82 Å². The van der Waals surface area contributed by atoms with Crippen molar-refractivity contribution in [3.05, 3.63) is 54.2 Å². The molecular formula is C27H32N6O3S. The monoisotopic (exact) mass is 523 g/mol. The lowest BCUT2D eigenvalue weighted by Gasteiger charge is -2.48. The average Bonchev–Trinajstić information content (AvgIpc) is 3.29. The summed E-state index contributed by atoms with van der Waals surface area (Å²) < 4.78 is 53.3. The third-order valence-corrected chi connectivity index (χ3v) is 8.04. The van der Waals surface area contributed by atoms with E-state index in [1.165, 1.54) is 24.7 Å². The van der Waals surface area contributed by atoms with E-state index in [-0.39, 0.29) is 29.4 Å². The second-order valence-electron chi connectivity index (χ2n) is 10.1. The molecule has 1 aliphatic rings. The lowest BCUT2D eigenvalue weighted by Crippen LogP contribution is -2.57. The summed E-state index contributed by atoms with van der Waals surface area (Å²) in [6, 6.07) is 7.43. The van der Waals surface area contributed by atoms with Gasteiger partial charge in [-0.05, 0) is 38.0 Å². The number of nitrogens with zero attached hydrogens (tertiary/aromatic N) is 6. The zero-order valence-corrected chi connectivity index (χ0v) is 22.3. The number of aromatic nitrogens is 5. The highest BCUT2D eigenvalue weighted by Gasteiger charge is 2.38. The van der Waals surface area contributed by atoms with Crippen molar-refractivity contribution >= 4 is 26.4 Å². The lowest BCUT2D eigenvalue weighted by molar-refractivity contribution is 0.341. The molecule has 1 fully saturated rings. The Balaban J connectivity index is 1.59. The van der Waals surface area contributed by atoms with E-state index in [0.717, 1.165) is 22.3 Å². The number of fused-ring (bicyclic) bond motifs is 1. The van der Waals surface area contributed by atoms with Gasteiger partial charge in [-0.25, -0.2) is 18.1 Å². The number of methoxy groups -OCH3 is 1. The molecule has 5 heterocycles. The molecule has 1 saturated heterocycles. The Bertz CT molecular complexity index is 1690. The van der Waals surface area contributed by atoms with E-state index < -0.39 is 16.9 Å². The van der Waals surface area contributed by atoms with Crippen LogP contribution in [0.4, 0.5) is 5.69 Å². The molecule has 5 rings (SSSR count). The number of pyridine rings is 3. The molecular weight excluding hydrogens is 488 g/mol. The van der Waals surface area contributed by atoms with Crippen LogP contribution in [-0.2, 0) is 9.84 Å². The zero-order chi connectivity index (χ0) is 29.0. The van der Waals surface area contributed by atoms with Crippen LogP contribution in [0.3, 0.4) is 0 Å². The van der Waals surface area contributed by atoms with E-state index in [1.54, 1.807) is 10.9 Å². The molecule has 4 aromatic rings. The van der Waals surface area contributed by atoms with Crippen LogP contribution in [-0.4, -0.2) is 64.8 Å². The van der Waals surface area contributed by atoms with Crippen molar-refractivity contribution < 1.29 is 17.3 Å². The number of anilines is 1. The normalized spacial score (nSPS) is 19.4. The predicted molar refractivity (Wildman–Crippen MR) is 145 cm³/mol. The molecule has 0 N–H and O–H groups in total. The largest absolute Gasteiger partial charge is 0.496 e. The first-order valence-corrected chi connectivity index (χ1v) is 14.2. The number of rotatable bonds is 7. The van der Waals surface area contributed by atoms with Crippen molar-refractivity contribution in [2.75, 3.05) is 30.5 Å².